The van der Waals surface area contributed by atoms with Gasteiger partial charge in [0.05, 0.1) is 7.11 Å². The topological polar surface area (TPSA) is 45.7 Å². The molecule has 0 spiro atoms. The normalized spacial score (nSPS) is 14.8. The van der Waals surface area contributed by atoms with E-state index in [0.29, 0.717) is 24.5 Å². The van der Waals surface area contributed by atoms with Crippen molar-refractivity contribution in [2.75, 3.05) is 38.2 Å². The van der Waals surface area contributed by atoms with E-state index in [9.17, 15) is 4.79 Å². The lowest BCUT2D eigenvalue weighted by Gasteiger charge is -2.36. The molecule has 0 bridgehead atoms. The summed E-state index contributed by atoms with van der Waals surface area (Å²) in [4.78, 5) is 20.9. The third-order valence-electron chi connectivity index (χ3n) is 3.88. The van der Waals surface area contributed by atoms with Crippen molar-refractivity contribution in [3.63, 3.8) is 0 Å². The Morgan fingerprint density at radius 3 is 2.45 bits per heavy atom. The van der Waals surface area contributed by atoms with Crippen LogP contribution in [0.5, 0.6) is 5.88 Å². The highest BCUT2D eigenvalue weighted by atomic mass is 16.5. The molecule has 1 aliphatic rings. The van der Waals surface area contributed by atoms with Crippen LogP contribution in [0.2, 0.25) is 0 Å². The second kappa shape index (κ2) is 6.47. The summed E-state index contributed by atoms with van der Waals surface area (Å²) < 4.78 is 5.18. The van der Waals surface area contributed by atoms with Crippen molar-refractivity contribution in [1.82, 2.24) is 9.88 Å². The Hall–Kier alpha value is -2.56. The van der Waals surface area contributed by atoms with E-state index >= 15 is 0 Å². The van der Waals surface area contributed by atoms with E-state index in [1.54, 1.807) is 18.3 Å². The molecule has 1 aromatic carbocycles. The van der Waals surface area contributed by atoms with E-state index in [1.165, 1.54) is 12.8 Å². The monoisotopic (exact) mass is 297 g/mol. The van der Waals surface area contributed by atoms with Gasteiger partial charge < -0.3 is 14.5 Å². The minimum Gasteiger partial charge on any atom is -0.480 e. The molecule has 5 nitrogen and oxygen atoms in total. The van der Waals surface area contributed by atoms with Crippen molar-refractivity contribution >= 4 is 11.6 Å². The smallest absolute Gasteiger partial charge is 0.259 e. The number of hydrogen-bond acceptors (Lipinski definition) is 4. The van der Waals surface area contributed by atoms with Crippen molar-refractivity contribution in [3.05, 3.63) is 54.2 Å². The molecule has 0 saturated carbocycles. The Kier molecular flexibility index (Phi) is 4.23. The molecule has 1 saturated heterocycles. The maximum absolute atomic E-state index is 12.6. The standard InChI is InChI=1S/C17H19N3O2/c1-22-16-15(8-5-9-18-16)17(21)20-12-10-19(11-13-20)14-6-3-2-4-7-14/h2-9H,10-13H2,1H3. The first-order chi connectivity index (χ1) is 10.8. The van der Waals surface area contributed by atoms with Gasteiger partial charge in [0.1, 0.15) is 5.56 Å². The fourth-order valence-electron chi connectivity index (χ4n) is 2.69. The molecule has 3 rings (SSSR count). The molecule has 2 aromatic rings. The minimum atomic E-state index is -0.0161. The maximum atomic E-state index is 12.6. The molecular weight excluding hydrogens is 278 g/mol. The van der Waals surface area contributed by atoms with Crippen molar-refractivity contribution in [2.24, 2.45) is 0 Å². The lowest BCUT2D eigenvalue weighted by molar-refractivity contribution is 0.0742. The molecular formula is C17H19N3O2. The van der Waals surface area contributed by atoms with E-state index in [2.05, 4.69) is 22.0 Å². The summed E-state index contributed by atoms with van der Waals surface area (Å²) in [6.45, 7) is 3.06. The average molecular weight is 297 g/mol. The van der Waals surface area contributed by atoms with Crippen LogP contribution in [0.25, 0.3) is 0 Å². The van der Waals surface area contributed by atoms with Gasteiger partial charge in [-0.3, -0.25) is 4.79 Å². The summed E-state index contributed by atoms with van der Waals surface area (Å²) >= 11 is 0. The SMILES string of the molecule is COc1ncccc1C(=O)N1CCN(c2ccccc2)CC1. The largest absolute Gasteiger partial charge is 0.480 e. The average Bonchev–Trinajstić information content (AvgIpc) is 2.62. The number of methoxy groups -OCH3 is 1. The Morgan fingerprint density at radius 1 is 1.05 bits per heavy atom. The van der Waals surface area contributed by atoms with Gasteiger partial charge in [-0.1, -0.05) is 18.2 Å². The molecule has 22 heavy (non-hydrogen) atoms. The van der Waals surface area contributed by atoms with Crippen LogP contribution in [0.3, 0.4) is 0 Å². The molecule has 1 fully saturated rings. The van der Waals surface area contributed by atoms with Crippen LogP contribution in [0.4, 0.5) is 5.69 Å². The van der Waals surface area contributed by atoms with Crippen LogP contribution >= 0.6 is 0 Å². The van der Waals surface area contributed by atoms with Gasteiger partial charge in [-0.15, -0.1) is 0 Å². The highest BCUT2D eigenvalue weighted by Crippen LogP contribution is 2.19. The molecule has 0 aliphatic carbocycles. The second-order valence-corrected chi connectivity index (χ2v) is 5.18. The van der Waals surface area contributed by atoms with Crippen LogP contribution in [-0.4, -0.2) is 49.1 Å². The summed E-state index contributed by atoms with van der Waals surface area (Å²) in [5.74, 6) is 0.371. The molecule has 0 unspecified atom stereocenters. The van der Waals surface area contributed by atoms with Crippen LogP contribution in [0.15, 0.2) is 48.7 Å². The number of piperazine rings is 1. The summed E-state index contributed by atoms with van der Waals surface area (Å²) in [6, 6.07) is 13.8. The number of nitrogens with zero attached hydrogens (tertiary/aromatic N) is 3. The van der Waals surface area contributed by atoms with Crippen molar-refractivity contribution in [2.45, 2.75) is 0 Å². The summed E-state index contributed by atoms with van der Waals surface area (Å²) in [7, 11) is 1.53. The van der Waals surface area contributed by atoms with Crippen LogP contribution in [0.1, 0.15) is 10.4 Å². The zero-order valence-corrected chi connectivity index (χ0v) is 12.6. The fraction of sp³-hybridized carbons (Fsp3) is 0.294. The first kappa shape index (κ1) is 14.4. The zero-order chi connectivity index (χ0) is 15.4. The van der Waals surface area contributed by atoms with E-state index in [-0.39, 0.29) is 5.91 Å². The van der Waals surface area contributed by atoms with Gasteiger partial charge in [0.15, 0.2) is 0 Å². The van der Waals surface area contributed by atoms with Gasteiger partial charge >= 0.3 is 0 Å². The first-order valence-electron chi connectivity index (χ1n) is 7.38. The quantitative estimate of drug-likeness (QED) is 0.870. The number of anilines is 1. The van der Waals surface area contributed by atoms with Crippen LogP contribution < -0.4 is 9.64 Å². The Labute approximate surface area is 130 Å². The fourth-order valence-corrected chi connectivity index (χ4v) is 2.69. The lowest BCUT2D eigenvalue weighted by atomic mass is 10.2. The van der Waals surface area contributed by atoms with Gasteiger partial charge in [-0.05, 0) is 24.3 Å². The molecule has 0 atom stereocenters. The van der Waals surface area contributed by atoms with Crippen molar-refractivity contribution in [3.8, 4) is 5.88 Å². The molecule has 2 heterocycles. The number of hydrogen-bond donors (Lipinski definition) is 0. The van der Waals surface area contributed by atoms with Crippen molar-refractivity contribution < 1.29 is 9.53 Å². The summed E-state index contributed by atoms with van der Waals surface area (Å²) in [6.07, 6.45) is 1.63. The van der Waals surface area contributed by atoms with Gasteiger partial charge in [0.2, 0.25) is 5.88 Å². The molecule has 1 aromatic heterocycles. The predicted molar refractivity (Wildman–Crippen MR) is 85.3 cm³/mol. The number of ether oxygens (including phenoxy) is 1. The highest BCUT2D eigenvalue weighted by Gasteiger charge is 2.24. The summed E-state index contributed by atoms with van der Waals surface area (Å²) in [5, 5.41) is 0. The van der Waals surface area contributed by atoms with Crippen molar-refractivity contribution in [1.29, 1.82) is 0 Å². The van der Waals surface area contributed by atoms with E-state index in [0.717, 1.165) is 13.1 Å². The van der Waals surface area contributed by atoms with E-state index in [1.807, 2.05) is 23.1 Å². The number of carbonyl (C=O) groups is 1. The van der Waals surface area contributed by atoms with Crippen LogP contribution in [-0.2, 0) is 0 Å². The number of aromatic nitrogens is 1. The van der Waals surface area contributed by atoms with Gasteiger partial charge in [0, 0.05) is 38.1 Å². The minimum absolute atomic E-state index is 0.0161. The Morgan fingerprint density at radius 2 is 1.77 bits per heavy atom. The maximum Gasteiger partial charge on any atom is 0.259 e. The number of amides is 1. The molecule has 1 aliphatic heterocycles. The Balaban J connectivity index is 1.67. The van der Waals surface area contributed by atoms with Crippen LogP contribution in [0, 0.1) is 0 Å². The third-order valence-corrected chi connectivity index (χ3v) is 3.88. The third kappa shape index (κ3) is 2.88. The Bertz CT molecular complexity index is 637. The molecule has 5 heteroatoms. The zero-order valence-electron chi connectivity index (χ0n) is 12.6. The second-order valence-electron chi connectivity index (χ2n) is 5.18. The molecule has 114 valence electrons. The van der Waals surface area contributed by atoms with E-state index in [4.69, 9.17) is 4.74 Å². The molecule has 0 radical (unpaired) electrons. The van der Waals surface area contributed by atoms with Gasteiger partial charge in [-0.2, -0.15) is 0 Å². The number of pyridine rings is 1. The predicted octanol–water partition coefficient (Wildman–Crippen LogP) is 2.05. The number of rotatable bonds is 3. The highest BCUT2D eigenvalue weighted by molar-refractivity contribution is 5.96. The van der Waals surface area contributed by atoms with E-state index < -0.39 is 0 Å². The summed E-state index contributed by atoms with van der Waals surface area (Å²) in [5.41, 5.74) is 1.73. The molecule has 0 N–H and O–H groups in total. The number of carbonyl (C=O) groups excluding carboxylic acids is 1. The first-order valence-corrected chi connectivity index (χ1v) is 7.38. The number of para-hydroxylation sites is 1. The van der Waals surface area contributed by atoms with Gasteiger partial charge in [0.25, 0.3) is 5.91 Å². The lowest BCUT2D eigenvalue weighted by Crippen LogP contribution is -2.48. The number of benzene rings is 1. The van der Waals surface area contributed by atoms with Gasteiger partial charge in [-0.25, -0.2) is 4.98 Å². The molecule has 1 amide bonds.